The molecule has 1 amide bonds. The van der Waals surface area contributed by atoms with E-state index in [2.05, 4.69) is 0 Å². The van der Waals surface area contributed by atoms with Gasteiger partial charge in [0.25, 0.3) is 0 Å². The van der Waals surface area contributed by atoms with Gasteiger partial charge in [0, 0.05) is 6.54 Å². The maximum atomic E-state index is 12.3. The fourth-order valence-electron chi connectivity index (χ4n) is 3.52. The first kappa shape index (κ1) is 14.2. The summed E-state index contributed by atoms with van der Waals surface area (Å²) in [4.78, 5) is 25.4. The molecule has 0 radical (unpaired) electrons. The molecular weight excluding hydrogens is 246 g/mol. The molecule has 1 aliphatic carbocycles. The number of ether oxygens (including phenoxy) is 1. The quantitative estimate of drug-likeness (QED) is 0.794. The van der Waals surface area contributed by atoms with Crippen LogP contribution in [0.3, 0.4) is 0 Å². The molecule has 1 heterocycles. The molecule has 0 aromatic heterocycles. The van der Waals surface area contributed by atoms with Crippen LogP contribution in [0, 0.1) is 5.92 Å². The van der Waals surface area contributed by atoms with E-state index in [1.54, 1.807) is 4.90 Å². The predicted octanol–water partition coefficient (Wildman–Crippen LogP) is 2.64. The summed E-state index contributed by atoms with van der Waals surface area (Å²) in [6.45, 7) is 6.10. The summed E-state index contributed by atoms with van der Waals surface area (Å²) in [5.74, 6) is -1.23. The van der Waals surface area contributed by atoms with Crippen molar-refractivity contribution in [2.45, 2.75) is 64.0 Å². The third-order valence-electron chi connectivity index (χ3n) is 4.19. The minimum Gasteiger partial charge on any atom is -0.481 e. The number of hydrogen-bond acceptors (Lipinski definition) is 3. The van der Waals surface area contributed by atoms with Gasteiger partial charge < -0.3 is 14.7 Å². The zero-order valence-electron chi connectivity index (χ0n) is 11.9. The van der Waals surface area contributed by atoms with Gasteiger partial charge in [-0.3, -0.25) is 4.79 Å². The number of rotatable bonds is 1. The molecule has 2 rings (SSSR count). The van der Waals surface area contributed by atoms with Gasteiger partial charge in [0.05, 0.1) is 11.5 Å². The lowest BCUT2D eigenvalue weighted by molar-refractivity contribution is -0.145. The maximum Gasteiger partial charge on any atom is 0.410 e. The van der Waals surface area contributed by atoms with E-state index in [0.717, 1.165) is 25.7 Å². The van der Waals surface area contributed by atoms with Crippen LogP contribution in [-0.4, -0.2) is 39.8 Å². The number of likely N-dealkylation sites (tertiary alicyclic amines) is 1. The van der Waals surface area contributed by atoms with Crippen LogP contribution in [0.1, 0.15) is 52.9 Å². The van der Waals surface area contributed by atoms with Gasteiger partial charge in [0.15, 0.2) is 0 Å². The Hall–Kier alpha value is -1.26. The smallest absolute Gasteiger partial charge is 0.410 e. The molecular formula is C14H23NO4. The zero-order valence-corrected chi connectivity index (χ0v) is 11.9. The van der Waals surface area contributed by atoms with Crippen LogP contribution in [-0.2, 0) is 9.53 Å². The molecule has 1 N–H and O–H groups in total. The number of carboxylic acids is 1. The predicted molar refractivity (Wildman–Crippen MR) is 69.9 cm³/mol. The zero-order chi connectivity index (χ0) is 14.3. The van der Waals surface area contributed by atoms with E-state index in [-0.39, 0.29) is 6.09 Å². The number of nitrogens with zero attached hydrogens (tertiary/aromatic N) is 1. The van der Waals surface area contributed by atoms with Crippen LogP contribution >= 0.6 is 0 Å². The van der Waals surface area contributed by atoms with Gasteiger partial charge in [-0.2, -0.15) is 0 Å². The van der Waals surface area contributed by atoms with E-state index >= 15 is 0 Å². The fraction of sp³-hybridized carbons (Fsp3) is 0.857. The molecule has 2 atom stereocenters. The molecule has 5 heteroatoms. The summed E-state index contributed by atoms with van der Waals surface area (Å²) in [5, 5.41) is 9.39. The highest BCUT2D eigenvalue weighted by Gasteiger charge is 2.55. The van der Waals surface area contributed by atoms with Gasteiger partial charge in [-0.15, -0.1) is 0 Å². The molecule has 0 aromatic carbocycles. The first-order valence-electron chi connectivity index (χ1n) is 7.00. The van der Waals surface area contributed by atoms with Crippen LogP contribution in [0.5, 0.6) is 0 Å². The first-order chi connectivity index (χ1) is 8.76. The molecule has 19 heavy (non-hydrogen) atoms. The van der Waals surface area contributed by atoms with Gasteiger partial charge in [-0.05, 0) is 46.5 Å². The lowest BCUT2D eigenvalue weighted by atomic mass is 9.84. The van der Waals surface area contributed by atoms with Crippen molar-refractivity contribution in [2.24, 2.45) is 5.92 Å². The van der Waals surface area contributed by atoms with Crippen LogP contribution in [0.15, 0.2) is 0 Å². The fourth-order valence-corrected chi connectivity index (χ4v) is 3.52. The largest absolute Gasteiger partial charge is 0.481 e. The molecule has 2 fully saturated rings. The van der Waals surface area contributed by atoms with Gasteiger partial charge in [0.2, 0.25) is 0 Å². The molecule has 1 saturated heterocycles. The minimum absolute atomic E-state index is 0.363. The lowest BCUT2D eigenvalue weighted by Gasteiger charge is -2.39. The summed E-state index contributed by atoms with van der Waals surface area (Å²) in [7, 11) is 0. The summed E-state index contributed by atoms with van der Waals surface area (Å²) >= 11 is 0. The number of amides is 1. The SMILES string of the molecule is CC(C)(C)OC(=O)N1CCCC12CCCC2C(=O)O. The summed E-state index contributed by atoms with van der Waals surface area (Å²) in [6, 6.07) is 0. The van der Waals surface area contributed by atoms with Gasteiger partial charge in [-0.25, -0.2) is 4.79 Å². The third kappa shape index (κ3) is 2.55. The molecule has 2 unspecified atom stereocenters. The topological polar surface area (TPSA) is 66.8 Å². The first-order valence-corrected chi connectivity index (χ1v) is 7.00. The highest BCUT2D eigenvalue weighted by molar-refractivity contribution is 5.76. The molecule has 0 aromatic rings. The highest BCUT2D eigenvalue weighted by atomic mass is 16.6. The average molecular weight is 269 g/mol. The molecule has 0 bridgehead atoms. The Labute approximate surface area is 113 Å². The van der Waals surface area contributed by atoms with Crippen LogP contribution in [0.2, 0.25) is 0 Å². The Morgan fingerprint density at radius 2 is 1.89 bits per heavy atom. The Morgan fingerprint density at radius 1 is 1.26 bits per heavy atom. The van der Waals surface area contributed by atoms with Crippen molar-refractivity contribution >= 4 is 12.1 Å². The summed E-state index contributed by atoms with van der Waals surface area (Å²) in [6.07, 6.45) is 3.60. The molecule has 1 aliphatic heterocycles. The van der Waals surface area contributed by atoms with Crippen molar-refractivity contribution in [1.82, 2.24) is 4.90 Å². The third-order valence-corrected chi connectivity index (χ3v) is 4.19. The molecule has 108 valence electrons. The average Bonchev–Trinajstić information content (AvgIpc) is 2.84. The number of carboxylic acid groups (broad SMARTS) is 1. The molecule has 1 spiro atoms. The second-order valence-corrected chi connectivity index (χ2v) is 6.62. The highest BCUT2D eigenvalue weighted by Crippen LogP contribution is 2.47. The number of carbonyl (C=O) groups excluding carboxylic acids is 1. The number of carbonyl (C=O) groups is 2. The minimum atomic E-state index is -0.784. The van der Waals surface area contributed by atoms with Crippen LogP contribution in [0.25, 0.3) is 0 Å². The second kappa shape index (κ2) is 4.69. The Balaban J connectivity index is 2.21. The Bertz CT molecular complexity index is 383. The number of hydrogen-bond donors (Lipinski definition) is 1. The Kier molecular flexibility index (Phi) is 3.49. The van der Waals surface area contributed by atoms with E-state index in [4.69, 9.17) is 4.74 Å². The summed E-state index contributed by atoms with van der Waals surface area (Å²) < 4.78 is 5.43. The maximum absolute atomic E-state index is 12.3. The monoisotopic (exact) mass is 269 g/mol. The van der Waals surface area contributed by atoms with Crippen LogP contribution in [0.4, 0.5) is 4.79 Å². The summed E-state index contributed by atoms with van der Waals surface area (Å²) in [5.41, 5.74) is -1.05. The lowest BCUT2D eigenvalue weighted by Crippen LogP contribution is -2.53. The van der Waals surface area contributed by atoms with Gasteiger partial charge in [-0.1, -0.05) is 6.42 Å². The van der Waals surface area contributed by atoms with Crippen molar-refractivity contribution in [1.29, 1.82) is 0 Å². The van der Waals surface area contributed by atoms with E-state index in [1.807, 2.05) is 20.8 Å². The van der Waals surface area contributed by atoms with Crippen LogP contribution < -0.4 is 0 Å². The normalized spacial score (nSPS) is 30.9. The Morgan fingerprint density at radius 3 is 2.47 bits per heavy atom. The van der Waals surface area contributed by atoms with Crippen molar-refractivity contribution in [3.63, 3.8) is 0 Å². The van der Waals surface area contributed by atoms with Crippen molar-refractivity contribution in [2.75, 3.05) is 6.54 Å². The standard InChI is InChI=1S/C14H23NO4/c1-13(2,3)19-12(18)15-9-5-8-14(15)7-4-6-10(14)11(16)17/h10H,4-9H2,1-3H3,(H,16,17). The second-order valence-electron chi connectivity index (χ2n) is 6.62. The number of aliphatic carboxylic acids is 1. The van der Waals surface area contributed by atoms with E-state index < -0.39 is 23.0 Å². The van der Waals surface area contributed by atoms with Crippen molar-refractivity contribution in [3.8, 4) is 0 Å². The van der Waals surface area contributed by atoms with Gasteiger partial charge in [0.1, 0.15) is 5.60 Å². The molecule has 2 aliphatic rings. The molecule has 5 nitrogen and oxygen atoms in total. The van der Waals surface area contributed by atoms with Crippen molar-refractivity contribution < 1.29 is 19.4 Å². The van der Waals surface area contributed by atoms with Gasteiger partial charge >= 0.3 is 12.1 Å². The molecule has 1 saturated carbocycles. The van der Waals surface area contributed by atoms with E-state index in [1.165, 1.54) is 0 Å². The van der Waals surface area contributed by atoms with Crippen molar-refractivity contribution in [3.05, 3.63) is 0 Å². The van der Waals surface area contributed by atoms with E-state index in [0.29, 0.717) is 13.0 Å². The van der Waals surface area contributed by atoms with E-state index in [9.17, 15) is 14.7 Å².